The molecule has 0 spiro atoms. The maximum Gasteiger partial charge on any atom is 0.305 e. The topological polar surface area (TPSA) is 223 Å². The average Bonchev–Trinajstić information content (AvgIpc) is 1.90. The summed E-state index contributed by atoms with van der Waals surface area (Å²) in [6.07, 6.45) is 12.2. The zero-order valence-corrected chi connectivity index (χ0v) is 57.2. The molecule has 8 atom stereocenters. The van der Waals surface area contributed by atoms with Crippen LogP contribution in [0.1, 0.15) is 140 Å². The first-order valence-corrected chi connectivity index (χ1v) is 41.0. The number of benzene rings is 4. The molecular weight excluding hydrogens is 1290 g/mol. The Labute approximate surface area is 556 Å². The molecule has 4 N–H and O–H groups in total. The van der Waals surface area contributed by atoms with Crippen molar-refractivity contribution < 1.29 is 77.5 Å². The van der Waals surface area contributed by atoms with Gasteiger partial charge in [-0.05, 0) is 135 Å². The van der Waals surface area contributed by atoms with Gasteiger partial charge in [0.25, 0.3) is 0 Å². The van der Waals surface area contributed by atoms with E-state index in [2.05, 4.69) is 0 Å². The van der Waals surface area contributed by atoms with Gasteiger partial charge in [0.1, 0.15) is 94.2 Å². The number of ketones is 1. The second kappa shape index (κ2) is 40.5. The second-order valence-corrected chi connectivity index (χ2v) is 34.0. The molecule has 89 heavy (non-hydrogen) atoms. The van der Waals surface area contributed by atoms with E-state index in [1.54, 1.807) is 24.3 Å². The van der Waals surface area contributed by atoms with Gasteiger partial charge in [0, 0.05) is 87.2 Å². The van der Waals surface area contributed by atoms with Crippen LogP contribution >= 0.6 is 86.4 Å². The summed E-state index contributed by atoms with van der Waals surface area (Å²) >= 11 is 0. The van der Waals surface area contributed by atoms with Crippen LogP contribution in [-0.4, -0.2) is 166 Å². The predicted octanol–water partition coefficient (Wildman–Crippen LogP) is 13.6. The third kappa shape index (κ3) is 26.5. The predicted molar refractivity (Wildman–Crippen MR) is 368 cm³/mol. The van der Waals surface area contributed by atoms with Crippen molar-refractivity contribution in [1.82, 2.24) is 0 Å². The van der Waals surface area contributed by atoms with Gasteiger partial charge in [-0.3, -0.25) is 19.2 Å². The van der Waals surface area contributed by atoms with E-state index in [-0.39, 0.29) is 102 Å². The van der Waals surface area contributed by atoms with Gasteiger partial charge in [-0.25, -0.2) is 0 Å². The number of rotatable bonds is 43. The summed E-state index contributed by atoms with van der Waals surface area (Å²) in [5, 5.41) is 49.8. The molecule has 4 aromatic rings. The van der Waals surface area contributed by atoms with Crippen LogP contribution in [-0.2, 0) is 44.5 Å². The number of unbranched alkanes of at least 4 members (excludes halogenated alkanes) is 4. The molecule has 0 bridgehead atoms. The molecule has 8 rings (SSSR count). The zero-order valence-electron chi connectivity index (χ0n) is 50.7. The molecule has 16 nitrogen and oxygen atoms in total. The van der Waals surface area contributed by atoms with Crippen molar-refractivity contribution in [2.45, 2.75) is 180 Å². The summed E-state index contributed by atoms with van der Waals surface area (Å²) in [4.78, 5) is 50.9. The minimum atomic E-state index is -1.44. The highest BCUT2D eigenvalue weighted by Gasteiger charge is 2.24. The third-order valence-electron chi connectivity index (χ3n) is 15.5. The van der Waals surface area contributed by atoms with E-state index < -0.39 is 24.6 Å². The number of esters is 3. The summed E-state index contributed by atoms with van der Waals surface area (Å²) in [5.41, 5.74) is 1.27. The summed E-state index contributed by atoms with van der Waals surface area (Å²) in [6.45, 7) is -1.86. The van der Waals surface area contributed by atoms with Gasteiger partial charge in [0.15, 0.2) is 12.1 Å². The Morgan fingerprint density at radius 2 is 0.787 bits per heavy atom. The van der Waals surface area contributed by atoms with Crippen LogP contribution in [0.4, 0.5) is 0 Å². The number of hydrogen-bond donors (Lipinski definition) is 4. The lowest BCUT2D eigenvalue weighted by molar-refractivity contribution is -0.148. The monoisotopic (exact) mass is 1380 g/mol. The Hall–Kier alpha value is -2.72. The Balaban J connectivity index is 0.976. The van der Waals surface area contributed by atoms with E-state index in [1.807, 2.05) is 123 Å². The lowest BCUT2D eigenvalue weighted by Crippen LogP contribution is -2.25. The number of ether oxygens (including phenoxy) is 8. The molecule has 24 heteroatoms. The van der Waals surface area contributed by atoms with E-state index in [0.29, 0.717) is 78.7 Å². The third-order valence-corrected chi connectivity index (χ3v) is 27.6. The summed E-state index contributed by atoms with van der Waals surface area (Å²) in [6, 6.07) is 18.3. The van der Waals surface area contributed by atoms with Crippen LogP contribution in [0.5, 0.6) is 23.0 Å². The molecule has 0 aromatic heterocycles. The number of Topliss-reactive ketones (excluding diaryl/α,β-unsaturated/α-hetero) is 1. The summed E-state index contributed by atoms with van der Waals surface area (Å²) < 4.78 is 47.2. The highest BCUT2D eigenvalue weighted by molar-refractivity contribution is 8.78. The first-order valence-electron chi connectivity index (χ1n) is 31.5. The number of carbonyl (C=O) groups excluding carboxylic acids is 4. The van der Waals surface area contributed by atoms with Crippen LogP contribution in [0.25, 0.3) is 21.5 Å². The number of fused-ring (bicyclic) bond motifs is 2. The molecule has 0 radical (unpaired) electrons. The van der Waals surface area contributed by atoms with Gasteiger partial charge < -0.3 is 58.3 Å². The number of hydrogen-bond acceptors (Lipinski definition) is 24. The molecule has 4 heterocycles. The van der Waals surface area contributed by atoms with Crippen molar-refractivity contribution in [1.29, 1.82) is 0 Å². The van der Waals surface area contributed by atoms with E-state index in [9.17, 15) is 39.6 Å². The first kappa shape index (κ1) is 72.1. The fraction of sp³-hybridized carbons (Fsp3) is 0.631. The minimum Gasteiger partial charge on any atom is -0.491 e. The molecule has 4 aromatic carbocycles. The highest BCUT2D eigenvalue weighted by atomic mass is 33.1. The van der Waals surface area contributed by atoms with Crippen LogP contribution in [0.3, 0.4) is 0 Å². The zero-order chi connectivity index (χ0) is 62.4. The normalized spacial score (nSPS) is 19.7. The van der Waals surface area contributed by atoms with Crippen LogP contribution in [0.2, 0.25) is 0 Å². The molecule has 492 valence electrons. The van der Waals surface area contributed by atoms with Gasteiger partial charge in [0.2, 0.25) is 0 Å². The maximum atomic E-state index is 12.9. The van der Waals surface area contributed by atoms with Gasteiger partial charge in [0.05, 0.1) is 0 Å². The summed E-state index contributed by atoms with van der Waals surface area (Å²) in [7, 11) is 15.3. The molecule has 4 aliphatic heterocycles. The minimum absolute atomic E-state index is 0.103. The molecule has 0 amide bonds. The SMILES string of the molecule is O=C(CCCCC1CCSS1)COC(O)COc1ccc2ccc(OCC(O)COC(=O)CCCCC3CCSS3)cc2c1Cc1c(OCC(O)COC(=O)CCCCC2CCSS2)ccc2ccc(OCC(O)COC(=O)CCCCC3CCSS3)cc12. The highest BCUT2D eigenvalue weighted by Crippen LogP contribution is 2.43. The molecule has 8 unspecified atom stereocenters. The van der Waals surface area contributed by atoms with Crippen molar-refractivity contribution >= 4 is 132 Å². The Kier molecular flexibility index (Phi) is 32.8. The molecular formula is C65H88O16S8. The molecule has 4 aliphatic rings. The van der Waals surface area contributed by atoms with E-state index in [4.69, 9.17) is 37.9 Å². The largest absolute Gasteiger partial charge is 0.491 e. The fourth-order valence-corrected chi connectivity index (χ4v) is 22.6. The van der Waals surface area contributed by atoms with Crippen LogP contribution in [0.15, 0.2) is 60.7 Å². The first-order chi connectivity index (χ1) is 43.4. The van der Waals surface area contributed by atoms with E-state index in [0.717, 1.165) is 87.2 Å². The lowest BCUT2D eigenvalue weighted by Gasteiger charge is -2.21. The van der Waals surface area contributed by atoms with Crippen molar-refractivity contribution in [2.24, 2.45) is 0 Å². The molecule has 4 fully saturated rings. The van der Waals surface area contributed by atoms with Crippen molar-refractivity contribution in [3.63, 3.8) is 0 Å². The van der Waals surface area contributed by atoms with Crippen molar-refractivity contribution in [3.05, 3.63) is 71.8 Å². The quantitative estimate of drug-likeness (QED) is 0.0106. The smallest absolute Gasteiger partial charge is 0.305 e. The van der Waals surface area contributed by atoms with E-state index >= 15 is 0 Å². The van der Waals surface area contributed by atoms with Crippen LogP contribution < -0.4 is 18.9 Å². The van der Waals surface area contributed by atoms with E-state index in [1.165, 1.54) is 42.9 Å². The molecule has 4 saturated heterocycles. The molecule has 0 saturated carbocycles. The Bertz CT molecular complexity index is 2600. The van der Waals surface area contributed by atoms with Gasteiger partial charge in [-0.2, -0.15) is 0 Å². The van der Waals surface area contributed by atoms with Gasteiger partial charge >= 0.3 is 17.9 Å². The fourth-order valence-electron chi connectivity index (χ4n) is 10.5. The lowest BCUT2D eigenvalue weighted by atomic mass is 9.93. The van der Waals surface area contributed by atoms with Crippen LogP contribution in [0, 0.1) is 0 Å². The number of carbonyl (C=O) groups is 4. The number of aliphatic hydroxyl groups excluding tert-OH is 4. The maximum absolute atomic E-state index is 12.9. The Morgan fingerprint density at radius 1 is 0.427 bits per heavy atom. The second-order valence-electron chi connectivity index (χ2n) is 22.9. The average molecular weight is 1380 g/mol. The Morgan fingerprint density at radius 3 is 1.17 bits per heavy atom. The molecule has 0 aliphatic carbocycles. The van der Waals surface area contributed by atoms with Gasteiger partial charge in [-0.1, -0.05) is 136 Å². The van der Waals surface area contributed by atoms with Crippen molar-refractivity contribution in [3.8, 4) is 23.0 Å². The number of aliphatic hydroxyl groups is 4. The standard InChI is InChI=1S/C65H88O16S8/c66-46(9-1-2-10-52-25-29-82-86-52)36-81-65(73)43-77-61-24-20-45-18-22-51(75-38-48(68)41-79-63(71)15-7-4-12-54-27-31-84-88-54)34-57(45)59(61)35-58-56-33-50(74-37-47(67)40-78-62(70)14-6-3-11-53-26-30-83-87-53)21-17-44(56)19-23-60(58)76-39-49(69)42-80-64(72)16-8-5-13-55-28-32-85-89-55/h17-24,33-34,47-49,52-55,65,67-69,73H,1-16,25-32,35-43H2. The summed E-state index contributed by atoms with van der Waals surface area (Å²) in [5.74, 6) is 5.02. The van der Waals surface area contributed by atoms with Crippen molar-refractivity contribution in [2.75, 3.05) is 75.9 Å². The van der Waals surface area contributed by atoms with Gasteiger partial charge in [-0.15, -0.1) is 0 Å².